The van der Waals surface area contributed by atoms with Crippen LogP contribution in [0.2, 0.25) is 5.02 Å². The Balaban J connectivity index is 1.38. The van der Waals surface area contributed by atoms with Gasteiger partial charge in [-0.1, -0.05) is 11.6 Å². The zero-order chi connectivity index (χ0) is 23.4. The second kappa shape index (κ2) is 9.92. The summed E-state index contributed by atoms with van der Waals surface area (Å²) >= 11 is 5.85. The highest BCUT2D eigenvalue weighted by atomic mass is 35.5. The number of hydrogen-bond acceptors (Lipinski definition) is 8. The van der Waals surface area contributed by atoms with Crippen molar-refractivity contribution >= 4 is 23.2 Å². The summed E-state index contributed by atoms with van der Waals surface area (Å²) in [5.74, 6) is 1.21. The predicted octanol–water partition coefficient (Wildman–Crippen LogP) is 2.58. The molecule has 0 saturated carbocycles. The summed E-state index contributed by atoms with van der Waals surface area (Å²) in [6.07, 6.45) is 0. The molecule has 2 heterocycles. The highest BCUT2D eigenvalue weighted by Gasteiger charge is 2.25. The van der Waals surface area contributed by atoms with Gasteiger partial charge >= 0.3 is 0 Å². The van der Waals surface area contributed by atoms with Gasteiger partial charge in [0.05, 0.1) is 23.8 Å². The average molecular weight is 472 g/mol. The number of nitro groups is 1. The van der Waals surface area contributed by atoms with Gasteiger partial charge < -0.3 is 9.64 Å². The van der Waals surface area contributed by atoms with Crippen LogP contribution in [0.25, 0.3) is 5.69 Å². The first-order valence-electron chi connectivity index (χ1n) is 10.4. The molecule has 0 unspecified atom stereocenters. The number of hydrogen-bond donors (Lipinski definition) is 0. The molecule has 1 aliphatic rings. The number of halogens is 1. The lowest BCUT2D eigenvalue weighted by Gasteiger charge is -2.34. The number of benzene rings is 2. The van der Waals surface area contributed by atoms with Gasteiger partial charge in [0.25, 0.3) is 11.6 Å². The number of carbonyl (C=O) groups is 1. The van der Waals surface area contributed by atoms with Crippen LogP contribution in [-0.4, -0.2) is 73.6 Å². The monoisotopic (exact) mass is 471 g/mol. The van der Waals surface area contributed by atoms with Gasteiger partial charge in [-0.25, -0.2) is 0 Å². The van der Waals surface area contributed by atoms with Gasteiger partial charge in [0.1, 0.15) is 10.8 Å². The molecule has 0 N–H and O–H groups in total. The molecule has 1 saturated heterocycles. The van der Waals surface area contributed by atoms with Crippen LogP contribution in [-0.2, 0) is 6.54 Å². The standard InChI is InChI=1S/C21H22ClN7O4/c1-2-33-17-6-4-16(5-7-17)28-20(23-24-25-28)14-26-9-11-27(12-10-26)21(30)15-3-8-18(22)19(13-15)29(31)32/h3-8,13H,2,9-12,14H2,1H3. The maximum atomic E-state index is 12.8. The van der Waals surface area contributed by atoms with Crippen molar-refractivity contribution in [3.8, 4) is 11.4 Å². The van der Waals surface area contributed by atoms with E-state index in [1.807, 2.05) is 31.2 Å². The zero-order valence-corrected chi connectivity index (χ0v) is 18.7. The summed E-state index contributed by atoms with van der Waals surface area (Å²) in [6, 6.07) is 11.6. The van der Waals surface area contributed by atoms with Gasteiger partial charge in [0, 0.05) is 37.8 Å². The van der Waals surface area contributed by atoms with E-state index in [1.165, 1.54) is 18.2 Å². The molecular formula is C21H22ClN7O4. The summed E-state index contributed by atoms with van der Waals surface area (Å²) in [7, 11) is 0. The summed E-state index contributed by atoms with van der Waals surface area (Å²) in [4.78, 5) is 27.2. The van der Waals surface area contributed by atoms with Crippen LogP contribution < -0.4 is 4.74 Å². The van der Waals surface area contributed by atoms with Crippen molar-refractivity contribution in [2.75, 3.05) is 32.8 Å². The van der Waals surface area contributed by atoms with Crippen LogP contribution in [0, 0.1) is 10.1 Å². The lowest BCUT2D eigenvalue weighted by Crippen LogP contribution is -2.48. The average Bonchev–Trinajstić information content (AvgIpc) is 3.28. The van der Waals surface area contributed by atoms with Gasteiger partial charge in [-0.3, -0.25) is 19.8 Å². The van der Waals surface area contributed by atoms with Crippen molar-refractivity contribution < 1.29 is 14.5 Å². The third-order valence-corrected chi connectivity index (χ3v) is 5.66. The molecule has 0 bridgehead atoms. The molecule has 1 amide bonds. The second-order valence-corrected chi connectivity index (χ2v) is 7.83. The molecule has 0 atom stereocenters. The SMILES string of the molecule is CCOc1ccc(-n2nnnc2CN2CCN(C(=O)c3ccc(Cl)c([N+](=O)[O-])c3)CC2)cc1. The Morgan fingerprint density at radius 3 is 2.55 bits per heavy atom. The first kappa shape index (κ1) is 22.6. The predicted molar refractivity (Wildman–Crippen MR) is 120 cm³/mol. The fourth-order valence-corrected chi connectivity index (χ4v) is 3.82. The van der Waals surface area contributed by atoms with Gasteiger partial charge in [0.15, 0.2) is 5.82 Å². The maximum Gasteiger partial charge on any atom is 0.288 e. The first-order valence-corrected chi connectivity index (χ1v) is 10.8. The van der Waals surface area contributed by atoms with Crippen LogP contribution in [0.5, 0.6) is 5.75 Å². The Morgan fingerprint density at radius 1 is 1.15 bits per heavy atom. The van der Waals surface area contributed by atoms with E-state index < -0.39 is 4.92 Å². The lowest BCUT2D eigenvalue weighted by atomic mass is 10.1. The highest BCUT2D eigenvalue weighted by Crippen LogP contribution is 2.26. The lowest BCUT2D eigenvalue weighted by molar-refractivity contribution is -0.384. The Morgan fingerprint density at radius 2 is 1.88 bits per heavy atom. The van der Waals surface area contributed by atoms with Crippen molar-refractivity contribution in [1.82, 2.24) is 30.0 Å². The number of ether oxygens (including phenoxy) is 1. The van der Waals surface area contributed by atoms with E-state index in [-0.39, 0.29) is 22.2 Å². The molecule has 1 fully saturated rings. The molecule has 172 valence electrons. The van der Waals surface area contributed by atoms with Crippen LogP contribution in [0.15, 0.2) is 42.5 Å². The number of tetrazole rings is 1. The van der Waals surface area contributed by atoms with Gasteiger partial charge in [-0.15, -0.1) is 5.10 Å². The van der Waals surface area contributed by atoms with Crippen molar-refractivity contribution in [2.45, 2.75) is 13.5 Å². The number of carbonyl (C=O) groups excluding carboxylic acids is 1. The van der Waals surface area contributed by atoms with Crippen molar-refractivity contribution in [3.63, 3.8) is 0 Å². The fraction of sp³-hybridized carbons (Fsp3) is 0.333. The van der Waals surface area contributed by atoms with E-state index in [0.717, 1.165) is 11.4 Å². The number of nitro benzene ring substituents is 1. The van der Waals surface area contributed by atoms with Gasteiger partial charge in [-0.2, -0.15) is 4.68 Å². The molecule has 1 aliphatic heterocycles. The molecule has 33 heavy (non-hydrogen) atoms. The summed E-state index contributed by atoms with van der Waals surface area (Å²) in [5.41, 5.74) is 0.804. The van der Waals surface area contributed by atoms with E-state index in [4.69, 9.17) is 16.3 Å². The van der Waals surface area contributed by atoms with Crippen LogP contribution in [0.3, 0.4) is 0 Å². The number of nitrogens with zero attached hydrogens (tertiary/aromatic N) is 7. The molecule has 0 spiro atoms. The number of amides is 1. The fourth-order valence-electron chi connectivity index (χ4n) is 3.63. The second-order valence-electron chi connectivity index (χ2n) is 7.43. The van der Waals surface area contributed by atoms with Crippen LogP contribution in [0.4, 0.5) is 5.69 Å². The topological polar surface area (TPSA) is 120 Å². The van der Waals surface area contributed by atoms with Gasteiger partial charge in [0.2, 0.25) is 0 Å². The number of piperazine rings is 1. The molecule has 4 rings (SSSR count). The molecule has 2 aromatic carbocycles. The Hall–Kier alpha value is -3.57. The smallest absolute Gasteiger partial charge is 0.288 e. The summed E-state index contributed by atoms with van der Waals surface area (Å²) < 4.78 is 7.15. The molecule has 0 aliphatic carbocycles. The molecule has 1 aromatic heterocycles. The third kappa shape index (κ3) is 5.10. The quantitative estimate of drug-likeness (QED) is 0.381. The Kier molecular flexibility index (Phi) is 6.80. The first-order chi connectivity index (χ1) is 16.0. The van der Waals surface area contributed by atoms with Crippen molar-refractivity contribution in [3.05, 3.63) is 69.0 Å². The summed E-state index contributed by atoms with van der Waals surface area (Å²) in [6.45, 7) is 5.27. The Bertz CT molecular complexity index is 1140. The van der Waals surface area contributed by atoms with Gasteiger partial charge in [-0.05, 0) is 53.7 Å². The minimum Gasteiger partial charge on any atom is -0.494 e. The molecule has 11 nitrogen and oxygen atoms in total. The van der Waals surface area contributed by atoms with Crippen molar-refractivity contribution in [2.24, 2.45) is 0 Å². The number of rotatable bonds is 7. The summed E-state index contributed by atoms with van der Waals surface area (Å²) in [5, 5.41) is 23.2. The van der Waals surface area contributed by atoms with Crippen molar-refractivity contribution in [1.29, 1.82) is 0 Å². The molecular weight excluding hydrogens is 450 g/mol. The molecule has 12 heteroatoms. The number of aromatic nitrogens is 4. The minimum absolute atomic E-state index is 0.00613. The normalized spacial score (nSPS) is 14.3. The zero-order valence-electron chi connectivity index (χ0n) is 17.9. The largest absolute Gasteiger partial charge is 0.494 e. The van der Waals surface area contributed by atoms with Crippen LogP contribution >= 0.6 is 11.6 Å². The third-order valence-electron chi connectivity index (χ3n) is 5.34. The van der Waals surface area contributed by atoms with E-state index in [0.29, 0.717) is 45.2 Å². The molecule has 3 aromatic rings. The highest BCUT2D eigenvalue weighted by molar-refractivity contribution is 6.32. The minimum atomic E-state index is -0.592. The molecule has 0 radical (unpaired) electrons. The maximum absolute atomic E-state index is 12.8. The van der Waals surface area contributed by atoms with E-state index in [9.17, 15) is 14.9 Å². The van der Waals surface area contributed by atoms with E-state index >= 15 is 0 Å². The Labute approximate surface area is 194 Å². The van der Waals surface area contributed by atoms with Crippen LogP contribution in [0.1, 0.15) is 23.1 Å². The van der Waals surface area contributed by atoms with E-state index in [1.54, 1.807) is 9.58 Å². The van der Waals surface area contributed by atoms with E-state index in [2.05, 4.69) is 20.4 Å².